The third kappa shape index (κ3) is 20.7. The maximum atomic E-state index is 15.2. The number of benzene rings is 3. The number of likely N-dealkylation sites (N-methyl/N-ethyl adjacent to an activating group) is 7. The Morgan fingerprint density at radius 2 is 1.13 bits per heavy atom. The van der Waals surface area contributed by atoms with Gasteiger partial charge in [-0.2, -0.15) is 13.2 Å². The molecule has 10 atom stereocenters. The average Bonchev–Trinajstić information content (AvgIpc) is 1.76. The fraction of sp³-hybridized carbons (Fsp3) is 0.561. The minimum atomic E-state index is -4.65. The lowest BCUT2D eigenvalue weighted by Crippen LogP contribution is -2.59. The summed E-state index contributed by atoms with van der Waals surface area (Å²) in [6, 6.07) is 9.26. The van der Waals surface area contributed by atoms with Crippen LogP contribution in [0.1, 0.15) is 95.9 Å². The van der Waals surface area contributed by atoms with Crippen LogP contribution in [0.3, 0.4) is 0 Å². The van der Waals surface area contributed by atoms with E-state index in [1.807, 2.05) is 13.8 Å². The molecule has 0 saturated carbocycles. The Hall–Kier alpha value is -8.13. The molecule has 2 aliphatic heterocycles. The summed E-state index contributed by atoms with van der Waals surface area (Å²) in [5, 5.41) is 20.0. The summed E-state index contributed by atoms with van der Waals surface area (Å²) in [6.07, 6.45) is -6.60. The predicted octanol–water partition coefficient (Wildman–Crippen LogP) is 3.41. The highest BCUT2D eigenvalue weighted by atomic mass is 35.5. The molecule has 3 aromatic carbocycles. The third-order valence-electron chi connectivity index (χ3n) is 17.5. The molecule has 0 bridgehead atoms. The van der Waals surface area contributed by atoms with Crippen LogP contribution in [0.4, 0.5) is 13.2 Å². The first-order valence-electron chi connectivity index (χ1n) is 31.2. The summed E-state index contributed by atoms with van der Waals surface area (Å²) in [5.41, 5.74) is 0.572. The monoisotopic (exact) mass is 1320 g/mol. The van der Waals surface area contributed by atoms with E-state index < -0.39 is 163 Å². The summed E-state index contributed by atoms with van der Waals surface area (Å²) in [7, 11) is 9.45. The average molecular weight is 1320 g/mol. The molecule has 0 unspecified atom stereocenters. The van der Waals surface area contributed by atoms with E-state index in [1.165, 1.54) is 78.2 Å². The van der Waals surface area contributed by atoms with Gasteiger partial charge >= 0.3 is 6.18 Å². The number of aryl methyl sites for hydroxylation is 1. The van der Waals surface area contributed by atoms with Crippen molar-refractivity contribution in [1.82, 2.24) is 55.1 Å². The highest BCUT2D eigenvalue weighted by Crippen LogP contribution is 2.30. The Balaban J connectivity index is 1.59. The Kier molecular flexibility index (Phi) is 27.3. The Morgan fingerprint density at radius 1 is 0.581 bits per heavy atom. The van der Waals surface area contributed by atoms with Crippen LogP contribution >= 0.6 is 11.6 Å². The van der Waals surface area contributed by atoms with Crippen molar-refractivity contribution in [2.24, 2.45) is 11.8 Å². The van der Waals surface area contributed by atoms with Gasteiger partial charge in [0.05, 0.1) is 31.3 Å². The van der Waals surface area contributed by atoms with Gasteiger partial charge in [0.2, 0.25) is 65.0 Å². The molecule has 0 aliphatic carbocycles. The SMILES string of the molecule is CC[C@H](C)[C@@H]1NC(=O)[C@H](C)N(C)C(=O)C[C@@H](C)NC(=O)[C@H](CC(C)C)N(C)C(=O)[C@H](Cc2ccccc2)N(C)C(=O)[C@@H]2C[C@@H](O)CN2C(=O)[C@H](CCc2ccc(C(F)(F)F)cc2)NC(=O)CN(C)C(=O)[C@H](Cc2ccc(Cl)cc2)N(C)C(=O)CN(C)C(=O)CN(C)C1=O. The van der Waals surface area contributed by atoms with Crippen molar-refractivity contribution < 1.29 is 71.0 Å². The summed E-state index contributed by atoms with van der Waals surface area (Å²) < 4.78 is 40.9. The number of rotatable bonds is 11. The number of aliphatic hydroxyl groups is 1. The maximum absolute atomic E-state index is 15.2. The number of carbonyl (C=O) groups is 11. The van der Waals surface area contributed by atoms with Gasteiger partial charge < -0.3 is 60.3 Å². The lowest BCUT2D eigenvalue weighted by Gasteiger charge is -2.37. The number of amides is 11. The summed E-state index contributed by atoms with van der Waals surface area (Å²) in [6.45, 7) is 7.97. The minimum absolute atomic E-state index is 0.0866. The van der Waals surface area contributed by atoms with Crippen molar-refractivity contribution in [3.63, 3.8) is 0 Å². The summed E-state index contributed by atoms with van der Waals surface area (Å²) in [5.74, 6) is -8.63. The van der Waals surface area contributed by atoms with Gasteiger partial charge in [-0.25, -0.2) is 0 Å². The molecule has 0 radical (unpaired) electrons. The van der Waals surface area contributed by atoms with E-state index in [0.29, 0.717) is 28.1 Å². The lowest BCUT2D eigenvalue weighted by molar-refractivity contribution is -0.152. The van der Waals surface area contributed by atoms with Gasteiger partial charge in [0.15, 0.2) is 0 Å². The molecule has 3 aromatic rings. The number of fused-ring (bicyclic) bond motifs is 1. The number of hydrogen-bond acceptors (Lipinski definition) is 12. The second-order valence-corrected chi connectivity index (χ2v) is 25.6. The van der Waals surface area contributed by atoms with Gasteiger partial charge in [-0.1, -0.05) is 100 Å². The Morgan fingerprint density at radius 3 is 1.71 bits per heavy atom. The second-order valence-electron chi connectivity index (χ2n) is 25.2. The fourth-order valence-electron chi connectivity index (χ4n) is 11.2. The van der Waals surface area contributed by atoms with Crippen LogP contribution < -0.4 is 16.0 Å². The molecule has 5 rings (SSSR count). The summed E-state index contributed by atoms with van der Waals surface area (Å²) in [4.78, 5) is 168. The standard InChI is InChI=1S/C66H91ClF3N11O12/c1-14-40(4)58-65(93)76(9)37-56(85)74(7)38-57(86)78(11)51(33-45-22-27-47(67)28-23-45)62(90)75(8)36-54(83)72-49(29-24-43-20-25-46(26-21-43)66(68,69)70)61(89)81-35-48(82)34-53(81)64(92)80(13)52(32-44-18-16-15-17-19-44)63(91)79(12)50(30-39(2)3)60(88)71-41(5)31-55(84)77(10)42(6)59(87)73-58/h15-23,25-28,39-42,48-53,58,82H,14,24,29-38H2,1-13H3,(H,71,88)(H,72,83)(H,73,87)/t40-,41+,42-,48+,49-,50-,51-,52-,53-,58-/m0/s1. The molecule has 2 saturated heterocycles. The number of nitrogens with one attached hydrogen (secondary N) is 3. The molecule has 11 amide bonds. The van der Waals surface area contributed by atoms with Crippen LogP contribution in [0, 0.1) is 11.8 Å². The minimum Gasteiger partial charge on any atom is -0.391 e. The van der Waals surface area contributed by atoms with Crippen LogP contribution in [0.2, 0.25) is 5.02 Å². The van der Waals surface area contributed by atoms with Gasteiger partial charge in [0, 0.05) is 92.6 Å². The number of carbonyl (C=O) groups excluding carboxylic acids is 11. The fourth-order valence-corrected chi connectivity index (χ4v) is 11.3. The molecule has 2 heterocycles. The molecule has 27 heteroatoms. The van der Waals surface area contributed by atoms with Crippen molar-refractivity contribution in [3.05, 3.63) is 106 Å². The lowest BCUT2D eigenvalue weighted by atomic mass is 9.97. The van der Waals surface area contributed by atoms with Gasteiger partial charge in [0.1, 0.15) is 42.3 Å². The molecule has 0 aromatic heterocycles. The van der Waals surface area contributed by atoms with E-state index in [0.717, 1.165) is 41.5 Å². The zero-order chi connectivity index (χ0) is 69.5. The van der Waals surface area contributed by atoms with Crippen LogP contribution in [0.5, 0.6) is 0 Å². The zero-order valence-electron chi connectivity index (χ0n) is 55.4. The first-order valence-corrected chi connectivity index (χ1v) is 31.5. The largest absolute Gasteiger partial charge is 0.416 e. The number of hydrogen-bond donors (Lipinski definition) is 4. The molecular formula is C66H91ClF3N11O12. The Labute approximate surface area is 547 Å². The molecule has 2 aliphatic rings. The molecule has 93 heavy (non-hydrogen) atoms. The number of alkyl halides is 3. The van der Waals surface area contributed by atoms with E-state index >= 15 is 14.4 Å². The van der Waals surface area contributed by atoms with Crippen molar-refractivity contribution in [2.75, 3.05) is 75.5 Å². The van der Waals surface area contributed by atoms with Crippen LogP contribution in [0.25, 0.3) is 0 Å². The van der Waals surface area contributed by atoms with E-state index in [1.54, 1.807) is 75.4 Å². The predicted molar refractivity (Wildman–Crippen MR) is 341 cm³/mol. The van der Waals surface area contributed by atoms with Gasteiger partial charge in [-0.3, -0.25) is 52.7 Å². The van der Waals surface area contributed by atoms with Crippen molar-refractivity contribution in [3.8, 4) is 0 Å². The van der Waals surface area contributed by atoms with E-state index in [4.69, 9.17) is 11.6 Å². The van der Waals surface area contributed by atoms with Crippen molar-refractivity contribution >= 4 is 76.6 Å². The van der Waals surface area contributed by atoms with E-state index in [-0.39, 0.29) is 50.9 Å². The normalized spacial score (nSPS) is 24.9. The van der Waals surface area contributed by atoms with E-state index in [2.05, 4.69) is 16.0 Å². The first kappa shape index (κ1) is 75.6. The van der Waals surface area contributed by atoms with Crippen molar-refractivity contribution in [1.29, 1.82) is 0 Å². The Bertz CT molecular complexity index is 3140. The summed E-state index contributed by atoms with van der Waals surface area (Å²) >= 11 is 6.20. The maximum Gasteiger partial charge on any atom is 0.416 e. The number of halogens is 4. The second kappa shape index (κ2) is 33.6. The van der Waals surface area contributed by atoms with Gasteiger partial charge in [-0.15, -0.1) is 0 Å². The highest BCUT2D eigenvalue weighted by molar-refractivity contribution is 6.30. The third-order valence-corrected chi connectivity index (χ3v) is 17.7. The number of aliphatic hydroxyl groups excluding tert-OH is 1. The highest BCUT2D eigenvalue weighted by Gasteiger charge is 2.46. The molecule has 510 valence electrons. The topological polar surface area (TPSA) is 270 Å². The van der Waals surface area contributed by atoms with Crippen LogP contribution in [-0.4, -0.2) is 239 Å². The zero-order valence-corrected chi connectivity index (χ0v) is 56.1. The quantitative estimate of drug-likeness (QED) is 0.215. The molecule has 2 fully saturated rings. The molecule has 0 spiro atoms. The smallest absolute Gasteiger partial charge is 0.391 e. The molecule has 4 N–H and O–H groups in total. The van der Waals surface area contributed by atoms with Crippen LogP contribution in [-0.2, 0) is 78.2 Å². The molecular weight excluding hydrogens is 1230 g/mol. The number of nitrogens with zero attached hydrogens (tertiary/aromatic N) is 8. The van der Waals surface area contributed by atoms with E-state index in [9.17, 15) is 56.6 Å². The molecule has 23 nitrogen and oxygen atoms in total. The van der Waals surface area contributed by atoms with Gasteiger partial charge in [0.25, 0.3) is 0 Å². The van der Waals surface area contributed by atoms with Crippen LogP contribution in [0.15, 0.2) is 78.9 Å². The van der Waals surface area contributed by atoms with Gasteiger partial charge in [-0.05, 0) is 85.9 Å². The van der Waals surface area contributed by atoms with Crippen molar-refractivity contribution in [2.45, 2.75) is 154 Å². The first-order chi connectivity index (χ1) is 43.5.